The minimum atomic E-state index is -0.579. The van der Waals surface area contributed by atoms with Crippen LogP contribution >= 0.6 is 11.6 Å². The van der Waals surface area contributed by atoms with Gasteiger partial charge in [0.1, 0.15) is 0 Å². The number of primary amides is 1. The van der Waals surface area contributed by atoms with E-state index in [-0.39, 0.29) is 6.61 Å². The number of carbonyl (C=O) groups excluding carboxylic acids is 1. The molecule has 0 bridgehead atoms. The maximum absolute atomic E-state index is 10.9. The fraction of sp³-hybridized carbons (Fsp3) is 0.316. The van der Waals surface area contributed by atoms with E-state index in [2.05, 4.69) is 17.4 Å². The summed E-state index contributed by atoms with van der Waals surface area (Å²) < 4.78 is 15.8. The summed E-state index contributed by atoms with van der Waals surface area (Å²) in [6, 6.07) is 11.8. The molecule has 0 fully saturated rings. The quantitative estimate of drug-likeness (QED) is 0.664. The zero-order chi connectivity index (χ0) is 18.9. The molecular formula is C19H23ClN2O4. The Morgan fingerprint density at radius 2 is 1.85 bits per heavy atom. The Labute approximate surface area is 158 Å². The molecule has 2 aromatic carbocycles. The van der Waals surface area contributed by atoms with Crippen LogP contribution in [0.1, 0.15) is 16.7 Å². The predicted molar refractivity (Wildman–Crippen MR) is 100 cm³/mol. The first-order valence-corrected chi connectivity index (χ1v) is 8.46. The van der Waals surface area contributed by atoms with Crippen molar-refractivity contribution in [3.63, 3.8) is 0 Å². The average Bonchev–Trinajstić information content (AvgIpc) is 2.61. The van der Waals surface area contributed by atoms with Crippen LogP contribution in [0.3, 0.4) is 0 Å². The second-order valence-corrected chi connectivity index (χ2v) is 6.13. The summed E-state index contributed by atoms with van der Waals surface area (Å²) in [7, 11) is 3.19. The smallest absolute Gasteiger partial charge is 0.255 e. The predicted octanol–water partition coefficient (Wildman–Crippen LogP) is 2.65. The summed E-state index contributed by atoms with van der Waals surface area (Å²) in [4.78, 5) is 10.9. The number of carbonyl (C=O) groups is 1. The molecule has 0 aliphatic carbocycles. The molecule has 2 rings (SSSR count). The van der Waals surface area contributed by atoms with E-state index < -0.39 is 5.91 Å². The van der Waals surface area contributed by atoms with E-state index in [4.69, 9.17) is 31.5 Å². The molecular weight excluding hydrogens is 356 g/mol. The van der Waals surface area contributed by atoms with Gasteiger partial charge in [0.2, 0.25) is 0 Å². The number of benzene rings is 2. The van der Waals surface area contributed by atoms with Crippen molar-refractivity contribution in [2.24, 2.45) is 5.73 Å². The maximum Gasteiger partial charge on any atom is 0.255 e. The number of hydrogen-bond acceptors (Lipinski definition) is 5. The van der Waals surface area contributed by atoms with Crippen molar-refractivity contribution in [3.8, 4) is 11.5 Å². The van der Waals surface area contributed by atoms with Gasteiger partial charge < -0.3 is 25.3 Å². The van der Waals surface area contributed by atoms with Gasteiger partial charge in [0.05, 0.1) is 18.7 Å². The number of nitrogens with one attached hydrogen (secondary N) is 1. The van der Waals surface area contributed by atoms with Gasteiger partial charge in [-0.15, -0.1) is 0 Å². The van der Waals surface area contributed by atoms with Crippen LogP contribution in [0.4, 0.5) is 0 Å². The van der Waals surface area contributed by atoms with Crippen LogP contribution in [0.25, 0.3) is 0 Å². The number of ether oxygens (including phenoxy) is 3. The Balaban J connectivity index is 2.00. The molecule has 2 aromatic rings. The summed E-state index contributed by atoms with van der Waals surface area (Å²) in [6.45, 7) is 1.64. The number of nitrogens with two attached hydrogens (primary N) is 1. The third-order valence-corrected chi connectivity index (χ3v) is 3.89. The van der Waals surface area contributed by atoms with Crippen LogP contribution in [0.15, 0.2) is 36.4 Å². The Morgan fingerprint density at radius 3 is 2.54 bits per heavy atom. The Hall–Kier alpha value is -2.28. The Morgan fingerprint density at radius 1 is 1.12 bits per heavy atom. The SMILES string of the molecule is COCc1cccc(CNCc2cc(Cl)c(OCC(N)=O)c(OC)c2)c1. The first-order valence-electron chi connectivity index (χ1n) is 8.08. The van der Waals surface area contributed by atoms with E-state index in [1.165, 1.54) is 12.7 Å². The molecule has 0 saturated carbocycles. The van der Waals surface area contributed by atoms with Crippen LogP contribution in [0, 0.1) is 0 Å². The van der Waals surface area contributed by atoms with E-state index >= 15 is 0 Å². The van der Waals surface area contributed by atoms with E-state index in [0.717, 1.165) is 11.1 Å². The largest absolute Gasteiger partial charge is 0.493 e. The van der Waals surface area contributed by atoms with E-state index in [1.54, 1.807) is 13.2 Å². The van der Waals surface area contributed by atoms with E-state index in [9.17, 15) is 4.79 Å². The molecule has 0 aromatic heterocycles. The van der Waals surface area contributed by atoms with Gasteiger partial charge in [0.15, 0.2) is 18.1 Å². The lowest BCUT2D eigenvalue weighted by atomic mass is 10.1. The second-order valence-electron chi connectivity index (χ2n) is 5.72. The molecule has 0 aliphatic rings. The fourth-order valence-corrected chi connectivity index (χ4v) is 2.79. The van der Waals surface area contributed by atoms with Gasteiger partial charge in [0.25, 0.3) is 5.91 Å². The second kappa shape index (κ2) is 10.0. The first-order chi connectivity index (χ1) is 12.5. The number of methoxy groups -OCH3 is 2. The van der Waals surface area contributed by atoms with Gasteiger partial charge in [-0.1, -0.05) is 35.9 Å². The highest BCUT2D eigenvalue weighted by Gasteiger charge is 2.13. The summed E-state index contributed by atoms with van der Waals surface area (Å²) in [5.41, 5.74) is 8.33. The van der Waals surface area contributed by atoms with Crippen molar-refractivity contribution in [2.75, 3.05) is 20.8 Å². The van der Waals surface area contributed by atoms with Crippen molar-refractivity contribution in [1.29, 1.82) is 0 Å². The lowest BCUT2D eigenvalue weighted by molar-refractivity contribution is -0.119. The first kappa shape index (κ1) is 20.0. The zero-order valence-corrected chi connectivity index (χ0v) is 15.6. The number of rotatable bonds is 10. The average molecular weight is 379 g/mol. The molecule has 6 nitrogen and oxygen atoms in total. The molecule has 0 atom stereocenters. The summed E-state index contributed by atoms with van der Waals surface area (Å²) in [5.74, 6) is 0.186. The lowest BCUT2D eigenvalue weighted by Crippen LogP contribution is -2.20. The molecule has 0 aliphatic heterocycles. The van der Waals surface area contributed by atoms with Crippen molar-refractivity contribution in [1.82, 2.24) is 5.32 Å². The lowest BCUT2D eigenvalue weighted by Gasteiger charge is -2.14. The van der Waals surface area contributed by atoms with E-state index in [0.29, 0.717) is 36.2 Å². The van der Waals surface area contributed by atoms with Gasteiger partial charge in [-0.3, -0.25) is 4.79 Å². The highest BCUT2D eigenvalue weighted by atomic mass is 35.5. The van der Waals surface area contributed by atoms with Crippen LogP contribution in [-0.2, 0) is 29.2 Å². The van der Waals surface area contributed by atoms with Gasteiger partial charge in [-0.2, -0.15) is 0 Å². The highest BCUT2D eigenvalue weighted by Crippen LogP contribution is 2.36. The van der Waals surface area contributed by atoms with Crippen molar-refractivity contribution < 1.29 is 19.0 Å². The molecule has 0 radical (unpaired) electrons. The van der Waals surface area contributed by atoms with Crippen molar-refractivity contribution >= 4 is 17.5 Å². The summed E-state index contributed by atoms with van der Waals surface area (Å²) in [5, 5.41) is 3.73. The van der Waals surface area contributed by atoms with Crippen molar-refractivity contribution in [3.05, 3.63) is 58.1 Å². The normalized spacial score (nSPS) is 10.6. The maximum atomic E-state index is 10.9. The van der Waals surface area contributed by atoms with E-state index in [1.807, 2.05) is 18.2 Å². The Bertz CT molecular complexity index is 752. The van der Waals surface area contributed by atoms with Crippen LogP contribution in [0.2, 0.25) is 5.02 Å². The minimum Gasteiger partial charge on any atom is -0.493 e. The molecule has 26 heavy (non-hydrogen) atoms. The highest BCUT2D eigenvalue weighted by molar-refractivity contribution is 6.32. The number of halogens is 1. The van der Waals surface area contributed by atoms with Crippen LogP contribution in [0.5, 0.6) is 11.5 Å². The van der Waals surface area contributed by atoms with Crippen molar-refractivity contribution in [2.45, 2.75) is 19.7 Å². The third-order valence-electron chi connectivity index (χ3n) is 3.61. The zero-order valence-electron chi connectivity index (χ0n) is 14.9. The van der Waals surface area contributed by atoms with Gasteiger partial charge in [-0.05, 0) is 28.8 Å². The topological polar surface area (TPSA) is 82.8 Å². The van der Waals surface area contributed by atoms with Gasteiger partial charge in [-0.25, -0.2) is 0 Å². The third kappa shape index (κ3) is 5.91. The van der Waals surface area contributed by atoms with Gasteiger partial charge in [0, 0.05) is 20.2 Å². The molecule has 0 spiro atoms. The molecule has 7 heteroatoms. The molecule has 0 saturated heterocycles. The molecule has 0 heterocycles. The summed E-state index contributed by atoms with van der Waals surface area (Å²) >= 11 is 6.25. The van der Waals surface area contributed by atoms with Gasteiger partial charge >= 0.3 is 0 Å². The molecule has 3 N–H and O–H groups in total. The Kier molecular flexibility index (Phi) is 7.72. The summed E-state index contributed by atoms with van der Waals surface area (Å²) in [6.07, 6.45) is 0. The monoisotopic (exact) mass is 378 g/mol. The molecule has 140 valence electrons. The number of hydrogen-bond donors (Lipinski definition) is 2. The molecule has 1 amide bonds. The van der Waals surface area contributed by atoms with Crippen LogP contribution < -0.4 is 20.5 Å². The fourth-order valence-electron chi connectivity index (χ4n) is 2.51. The minimum absolute atomic E-state index is 0.258. The van der Waals surface area contributed by atoms with Crippen LogP contribution in [-0.4, -0.2) is 26.7 Å². The standard InChI is InChI=1S/C19H23ClN2O4/c1-24-11-14-5-3-4-13(6-14)9-22-10-15-7-16(20)19(17(8-15)25-2)26-12-18(21)23/h3-8,22H,9-12H2,1-2H3,(H2,21,23). The molecule has 0 unspecified atom stereocenters. The number of amides is 1.